The minimum atomic E-state index is -3.40. The molecular weight excluding hydrogens is 336 g/mol. The van der Waals surface area contributed by atoms with Gasteiger partial charge in [0.25, 0.3) is 0 Å². The standard InChI is InChI=1S/C19H28N2O3S/c22-25(23,18-8-2-1-3-9-18)20-12-10-16-11-13-24-19(16)14-21(15-19)17-6-4-5-7-17/h1-3,8-9,16-17,20H,4-7,10-15H2. The highest BCUT2D eigenvalue weighted by Gasteiger charge is 2.54. The first-order chi connectivity index (χ1) is 12.1. The summed E-state index contributed by atoms with van der Waals surface area (Å²) in [7, 11) is -3.40. The van der Waals surface area contributed by atoms with E-state index in [1.165, 1.54) is 25.7 Å². The fourth-order valence-electron chi connectivity index (χ4n) is 4.76. The molecule has 0 bridgehead atoms. The van der Waals surface area contributed by atoms with E-state index >= 15 is 0 Å². The molecule has 5 nitrogen and oxygen atoms in total. The molecular formula is C19H28N2O3S. The second-order valence-corrected chi connectivity index (χ2v) is 9.51. The van der Waals surface area contributed by atoms with Crippen molar-refractivity contribution in [2.24, 2.45) is 5.92 Å². The van der Waals surface area contributed by atoms with E-state index in [4.69, 9.17) is 4.74 Å². The largest absolute Gasteiger partial charge is 0.372 e. The van der Waals surface area contributed by atoms with E-state index in [2.05, 4.69) is 9.62 Å². The zero-order valence-corrected chi connectivity index (χ0v) is 15.5. The van der Waals surface area contributed by atoms with Crippen molar-refractivity contribution in [3.05, 3.63) is 30.3 Å². The molecule has 2 saturated heterocycles. The molecule has 0 radical (unpaired) electrons. The monoisotopic (exact) mass is 364 g/mol. The molecule has 1 aromatic rings. The Morgan fingerprint density at radius 1 is 1.12 bits per heavy atom. The number of benzene rings is 1. The summed E-state index contributed by atoms with van der Waals surface area (Å²) in [4.78, 5) is 2.92. The molecule has 1 saturated carbocycles. The molecule has 6 heteroatoms. The van der Waals surface area contributed by atoms with Gasteiger partial charge in [-0.1, -0.05) is 31.0 Å². The van der Waals surface area contributed by atoms with Gasteiger partial charge in [-0.15, -0.1) is 0 Å². The highest BCUT2D eigenvalue weighted by atomic mass is 32.2. The van der Waals surface area contributed by atoms with E-state index in [-0.39, 0.29) is 5.60 Å². The third-order valence-corrected chi connectivity index (χ3v) is 7.70. The quantitative estimate of drug-likeness (QED) is 0.842. The van der Waals surface area contributed by atoms with Crippen LogP contribution in [-0.4, -0.2) is 51.2 Å². The third-order valence-electron chi connectivity index (χ3n) is 6.22. The Balaban J connectivity index is 1.29. The van der Waals surface area contributed by atoms with Crippen LogP contribution in [0.25, 0.3) is 0 Å². The van der Waals surface area contributed by atoms with Gasteiger partial charge in [0, 0.05) is 32.3 Å². The van der Waals surface area contributed by atoms with Crippen LogP contribution in [0.3, 0.4) is 0 Å². The highest BCUT2D eigenvalue weighted by molar-refractivity contribution is 7.89. The SMILES string of the molecule is O=S(=O)(NCCC1CCOC12CN(C1CCCC1)C2)c1ccccc1. The van der Waals surface area contributed by atoms with Crippen molar-refractivity contribution in [3.8, 4) is 0 Å². The zero-order valence-electron chi connectivity index (χ0n) is 14.7. The van der Waals surface area contributed by atoms with Gasteiger partial charge >= 0.3 is 0 Å². The van der Waals surface area contributed by atoms with E-state index in [0.29, 0.717) is 17.4 Å². The van der Waals surface area contributed by atoms with Crippen LogP contribution >= 0.6 is 0 Å². The van der Waals surface area contributed by atoms with Gasteiger partial charge in [0.15, 0.2) is 0 Å². The second-order valence-electron chi connectivity index (χ2n) is 7.74. The highest BCUT2D eigenvalue weighted by Crippen LogP contribution is 2.44. The molecule has 2 heterocycles. The molecule has 3 fully saturated rings. The molecule has 1 atom stereocenters. The lowest BCUT2D eigenvalue weighted by atomic mass is 9.78. The van der Waals surface area contributed by atoms with Crippen molar-refractivity contribution < 1.29 is 13.2 Å². The number of likely N-dealkylation sites (tertiary alicyclic amines) is 1. The van der Waals surface area contributed by atoms with E-state index in [1.807, 2.05) is 6.07 Å². The van der Waals surface area contributed by atoms with E-state index < -0.39 is 10.0 Å². The number of nitrogens with one attached hydrogen (secondary N) is 1. The first kappa shape index (κ1) is 17.5. The van der Waals surface area contributed by atoms with Crippen molar-refractivity contribution in [1.29, 1.82) is 0 Å². The molecule has 1 spiro atoms. The molecule has 1 unspecified atom stereocenters. The van der Waals surface area contributed by atoms with Gasteiger partial charge in [0.2, 0.25) is 10.0 Å². The molecule has 0 amide bonds. The number of nitrogens with zero attached hydrogens (tertiary/aromatic N) is 1. The molecule has 25 heavy (non-hydrogen) atoms. The molecule has 1 aromatic carbocycles. The van der Waals surface area contributed by atoms with Gasteiger partial charge in [-0.2, -0.15) is 0 Å². The van der Waals surface area contributed by atoms with Crippen molar-refractivity contribution in [2.45, 2.75) is 55.1 Å². The molecule has 2 aliphatic heterocycles. The van der Waals surface area contributed by atoms with Crippen LogP contribution in [0.1, 0.15) is 38.5 Å². The number of hydrogen-bond acceptors (Lipinski definition) is 4. The van der Waals surface area contributed by atoms with Gasteiger partial charge in [-0.25, -0.2) is 13.1 Å². The lowest BCUT2D eigenvalue weighted by Crippen LogP contribution is -2.66. The van der Waals surface area contributed by atoms with Crippen LogP contribution in [0, 0.1) is 5.92 Å². The van der Waals surface area contributed by atoms with E-state index in [9.17, 15) is 8.42 Å². The van der Waals surface area contributed by atoms with Gasteiger partial charge in [-0.3, -0.25) is 4.90 Å². The number of ether oxygens (including phenoxy) is 1. The summed E-state index contributed by atoms with van der Waals surface area (Å²) in [6.45, 7) is 3.37. The predicted octanol–water partition coefficient (Wildman–Crippen LogP) is 2.39. The lowest BCUT2D eigenvalue weighted by Gasteiger charge is -2.53. The topological polar surface area (TPSA) is 58.6 Å². The molecule has 3 aliphatic rings. The summed E-state index contributed by atoms with van der Waals surface area (Å²) >= 11 is 0. The Bertz CT molecular complexity index is 680. The summed E-state index contributed by atoms with van der Waals surface area (Å²) in [5.41, 5.74) is -0.0131. The van der Waals surface area contributed by atoms with Crippen LogP contribution in [0.5, 0.6) is 0 Å². The maximum Gasteiger partial charge on any atom is 0.240 e. The third kappa shape index (κ3) is 3.50. The Hall–Kier alpha value is -0.950. The average molecular weight is 365 g/mol. The predicted molar refractivity (Wildman–Crippen MR) is 96.9 cm³/mol. The lowest BCUT2D eigenvalue weighted by molar-refractivity contribution is -0.146. The van der Waals surface area contributed by atoms with Crippen molar-refractivity contribution in [2.75, 3.05) is 26.2 Å². The zero-order chi connectivity index (χ0) is 17.3. The van der Waals surface area contributed by atoms with Crippen LogP contribution in [-0.2, 0) is 14.8 Å². The molecule has 138 valence electrons. The van der Waals surface area contributed by atoms with Gasteiger partial charge in [0.05, 0.1) is 10.5 Å². The molecule has 1 N–H and O–H groups in total. The summed E-state index contributed by atoms with van der Waals surface area (Å²) in [5, 5.41) is 0. The smallest absolute Gasteiger partial charge is 0.240 e. The summed E-state index contributed by atoms with van der Waals surface area (Å²) in [5.74, 6) is 0.462. The van der Waals surface area contributed by atoms with E-state index in [0.717, 1.165) is 38.6 Å². The molecule has 4 rings (SSSR count). The Kier molecular flexibility index (Phi) is 4.88. The minimum Gasteiger partial charge on any atom is -0.372 e. The summed E-state index contributed by atoms with van der Waals surface area (Å²) in [6.07, 6.45) is 7.28. The fraction of sp³-hybridized carbons (Fsp3) is 0.684. The second kappa shape index (κ2) is 6.99. The van der Waals surface area contributed by atoms with Crippen LogP contribution in [0.4, 0.5) is 0 Å². The maximum atomic E-state index is 12.3. The van der Waals surface area contributed by atoms with Gasteiger partial charge in [0.1, 0.15) is 0 Å². The van der Waals surface area contributed by atoms with Crippen LogP contribution in [0.15, 0.2) is 35.2 Å². The summed E-state index contributed by atoms with van der Waals surface area (Å²) < 4.78 is 33.5. The van der Waals surface area contributed by atoms with Crippen molar-refractivity contribution in [3.63, 3.8) is 0 Å². The maximum absolute atomic E-state index is 12.3. The Morgan fingerprint density at radius 3 is 2.56 bits per heavy atom. The minimum absolute atomic E-state index is 0.0131. The first-order valence-corrected chi connectivity index (χ1v) is 11.0. The Labute approximate surface area is 150 Å². The van der Waals surface area contributed by atoms with Gasteiger partial charge < -0.3 is 4.74 Å². The number of sulfonamides is 1. The first-order valence-electron chi connectivity index (χ1n) is 9.52. The fourth-order valence-corrected chi connectivity index (χ4v) is 5.83. The molecule has 0 aromatic heterocycles. The number of rotatable bonds is 6. The normalized spacial score (nSPS) is 27.0. The van der Waals surface area contributed by atoms with Gasteiger partial charge in [-0.05, 0) is 43.7 Å². The van der Waals surface area contributed by atoms with Crippen LogP contribution < -0.4 is 4.72 Å². The summed E-state index contributed by atoms with van der Waals surface area (Å²) in [6, 6.07) is 9.35. The average Bonchev–Trinajstić information content (AvgIpc) is 3.23. The Morgan fingerprint density at radius 2 is 1.84 bits per heavy atom. The van der Waals surface area contributed by atoms with Crippen LogP contribution in [0.2, 0.25) is 0 Å². The van der Waals surface area contributed by atoms with E-state index in [1.54, 1.807) is 24.3 Å². The molecule has 1 aliphatic carbocycles. The number of hydrogen-bond donors (Lipinski definition) is 1. The van der Waals surface area contributed by atoms with Crippen molar-refractivity contribution in [1.82, 2.24) is 9.62 Å². The van der Waals surface area contributed by atoms with Crippen molar-refractivity contribution >= 4 is 10.0 Å².